The second kappa shape index (κ2) is 11.6. The van der Waals surface area contributed by atoms with E-state index in [2.05, 4.69) is 20.8 Å². The summed E-state index contributed by atoms with van der Waals surface area (Å²) in [5, 5.41) is 11.0. The molecule has 3 aromatic carbocycles. The van der Waals surface area contributed by atoms with E-state index < -0.39 is 23.5 Å². The summed E-state index contributed by atoms with van der Waals surface area (Å²) in [7, 11) is 3.15. The number of carbonyl (C=O) groups excluding carboxylic acids is 2. The van der Waals surface area contributed by atoms with Gasteiger partial charge in [0.15, 0.2) is 23.0 Å². The van der Waals surface area contributed by atoms with E-state index in [4.69, 9.17) is 9.47 Å². The zero-order chi connectivity index (χ0) is 28.2. The van der Waals surface area contributed by atoms with Gasteiger partial charge in [-0.1, -0.05) is 87.5 Å². The number of ether oxygens (including phenoxy) is 2. The molecule has 6 heteroatoms. The molecule has 0 bridgehead atoms. The summed E-state index contributed by atoms with van der Waals surface area (Å²) in [6.07, 6.45) is 3.61. The molecule has 0 saturated carbocycles. The lowest BCUT2D eigenvalue weighted by Crippen LogP contribution is -2.33. The van der Waals surface area contributed by atoms with Crippen LogP contribution in [0.3, 0.4) is 0 Å². The van der Waals surface area contributed by atoms with E-state index in [0.29, 0.717) is 24.5 Å². The fourth-order valence-electron chi connectivity index (χ4n) is 4.76. The summed E-state index contributed by atoms with van der Waals surface area (Å²) < 4.78 is 10.8. The summed E-state index contributed by atoms with van der Waals surface area (Å²) in [4.78, 5) is 28.4. The summed E-state index contributed by atoms with van der Waals surface area (Å²) >= 11 is 0. The fraction of sp³-hybridized carbons (Fsp3) is 0.273. The van der Waals surface area contributed by atoms with Crippen molar-refractivity contribution < 1.29 is 24.2 Å². The maximum Gasteiger partial charge on any atom is 0.290 e. The fourth-order valence-corrected chi connectivity index (χ4v) is 4.76. The Hall–Kier alpha value is -4.32. The van der Waals surface area contributed by atoms with Crippen LogP contribution in [0.1, 0.15) is 49.1 Å². The van der Waals surface area contributed by atoms with Crippen LogP contribution in [0.2, 0.25) is 0 Å². The number of hydrogen-bond donors (Lipinski definition) is 1. The topological polar surface area (TPSA) is 76.1 Å². The Morgan fingerprint density at radius 3 is 2.23 bits per heavy atom. The van der Waals surface area contributed by atoms with Crippen molar-refractivity contribution in [1.29, 1.82) is 0 Å². The molecule has 6 nitrogen and oxygen atoms in total. The van der Waals surface area contributed by atoms with Gasteiger partial charge in [0.1, 0.15) is 0 Å². The Bertz CT molecular complexity index is 1400. The number of aliphatic hydroxyl groups excluding tert-OH is 1. The summed E-state index contributed by atoms with van der Waals surface area (Å²) in [5.41, 5.74) is 3.73. The molecule has 3 aromatic rings. The van der Waals surface area contributed by atoms with Crippen molar-refractivity contribution in [2.24, 2.45) is 0 Å². The van der Waals surface area contributed by atoms with E-state index in [1.165, 1.54) is 6.08 Å². The van der Waals surface area contributed by atoms with Crippen molar-refractivity contribution in [1.82, 2.24) is 4.90 Å². The summed E-state index contributed by atoms with van der Waals surface area (Å²) in [6, 6.07) is 22.2. The molecule has 0 aliphatic carbocycles. The minimum Gasteiger partial charge on any atom is -0.503 e. The molecule has 1 N–H and O–H groups in total. The van der Waals surface area contributed by atoms with E-state index >= 15 is 0 Å². The van der Waals surface area contributed by atoms with Gasteiger partial charge in [-0.25, -0.2) is 0 Å². The zero-order valence-electron chi connectivity index (χ0n) is 23.1. The molecule has 202 valence electrons. The van der Waals surface area contributed by atoms with Crippen LogP contribution in [-0.2, 0) is 21.4 Å². The smallest absolute Gasteiger partial charge is 0.290 e. The van der Waals surface area contributed by atoms with Crippen molar-refractivity contribution >= 4 is 17.8 Å². The molecule has 39 heavy (non-hydrogen) atoms. The molecule has 1 aliphatic rings. The number of amides is 1. The summed E-state index contributed by atoms with van der Waals surface area (Å²) in [6.45, 7) is 6.69. The monoisotopic (exact) mass is 525 g/mol. The minimum atomic E-state index is -0.709. The number of benzene rings is 3. The van der Waals surface area contributed by atoms with Crippen LogP contribution < -0.4 is 9.47 Å². The Kier molecular flexibility index (Phi) is 8.24. The zero-order valence-corrected chi connectivity index (χ0v) is 23.1. The van der Waals surface area contributed by atoms with Crippen LogP contribution in [0.15, 0.2) is 90.2 Å². The molecule has 1 aliphatic heterocycles. The van der Waals surface area contributed by atoms with Crippen molar-refractivity contribution in [3.63, 3.8) is 0 Å². The Balaban J connectivity index is 1.67. The van der Waals surface area contributed by atoms with Gasteiger partial charge in [-0.15, -0.1) is 0 Å². The molecule has 1 atom stereocenters. The quantitative estimate of drug-likeness (QED) is 0.336. The standard InChI is InChI=1S/C33H35NO5/c1-33(2,3)25-15-13-24(14-16-25)30-29(26(35)17-11-22-9-7-6-8-10-22)31(36)32(37)34(30)20-19-23-12-18-27(38-4)28(21-23)39-5/h6-18,21,30,36H,19-20H2,1-5H3/b17-11+/t30-/m0/s1. The van der Waals surface area contributed by atoms with Crippen LogP contribution in [0.5, 0.6) is 11.5 Å². The first-order chi connectivity index (χ1) is 18.6. The van der Waals surface area contributed by atoms with Gasteiger partial charge in [0.25, 0.3) is 5.91 Å². The number of methoxy groups -OCH3 is 2. The highest BCUT2D eigenvalue weighted by Gasteiger charge is 2.42. The van der Waals surface area contributed by atoms with E-state index in [0.717, 1.165) is 22.3 Å². The van der Waals surface area contributed by atoms with Crippen LogP contribution in [-0.4, -0.2) is 42.5 Å². The van der Waals surface area contributed by atoms with Gasteiger partial charge in [0, 0.05) is 6.54 Å². The van der Waals surface area contributed by atoms with Crippen LogP contribution in [0, 0.1) is 0 Å². The average Bonchev–Trinajstić information content (AvgIpc) is 3.19. The molecule has 0 aromatic heterocycles. The highest BCUT2D eigenvalue weighted by molar-refractivity contribution is 6.14. The predicted molar refractivity (Wildman–Crippen MR) is 153 cm³/mol. The molecule has 0 spiro atoms. The lowest BCUT2D eigenvalue weighted by Gasteiger charge is -2.28. The Morgan fingerprint density at radius 2 is 1.62 bits per heavy atom. The molecular formula is C33H35NO5. The third-order valence-electron chi connectivity index (χ3n) is 6.98. The predicted octanol–water partition coefficient (Wildman–Crippen LogP) is 6.22. The van der Waals surface area contributed by atoms with E-state index in [1.54, 1.807) is 25.2 Å². The maximum atomic E-state index is 13.4. The first-order valence-electron chi connectivity index (χ1n) is 13.0. The minimum absolute atomic E-state index is 0.0494. The molecule has 0 unspecified atom stereocenters. The number of ketones is 1. The molecule has 4 rings (SSSR count). The normalized spacial score (nSPS) is 15.8. The van der Waals surface area contributed by atoms with Crippen molar-refractivity contribution in [3.05, 3.63) is 112 Å². The Labute approximate surface area is 230 Å². The second-order valence-corrected chi connectivity index (χ2v) is 10.6. The second-order valence-electron chi connectivity index (χ2n) is 10.6. The molecular weight excluding hydrogens is 490 g/mol. The number of hydrogen-bond acceptors (Lipinski definition) is 5. The third-order valence-corrected chi connectivity index (χ3v) is 6.98. The van der Waals surface area contributed by atoms with E-state index in [9.17, 15) is 14.7 Å². The number of nitrogens with zero attached hydrogens (tertiary/aromatic N) is 1. The van der Waals surface area contributed by atoms with Crippen molar-refractivity contribution in [2.75, 3.05) is 20.8 Å². The average molecular weight is 526 g/mol. The molecule has 1 amide bonds. The lowest BCUT2D eigenvalue weighted by atomic mass is 9.85. The van der Waals surface area contributed by atoms with Gasteiger partial charge in [-0.2, -0.15) is 0 Å². The molecule has 0 fully saturated rings. The summed E-state index contributed by atoms with van der Waals surface area (Å²) in [5.74, 6) is -0.248. The van der Waals surface area contributed by atoms with Gasteiger partial charge in [-0.05, 0) is 52.3 Å². The largest absolute Gasteiger partial charge is 0.503 e. The first kappa shape index (κ1) is 27.7. The van der Waals surface area contributed by atoms with E-state index in [-0.39, 0.29) is 11.0 Å². The van der Waals surface area contributed by atoms with Crippen LogP contribution >= 0.6 is 0 Å². The number of carbonyl (C=O) groups is 2. The highest BCUT2D eigenvalue weighted by atomic mass is 16.5. The SMILES string of the molecule is COc1ccc(CCN2C(=O)C(O)=C(C(=O)/C=C/c3ccccc3)[C@@H]2c2ccc(C(C)(C)C)cc2)cc1OC. The molecule has 0 radical (unpaired) electrons. The third kappa shape index (κ3) is 6.06. The highest BCUT2D eigenvalue weighted by Crippen LogP contribution is 2.39. The Morgan fingerprint density at radius 1 is 0.949 bits per heavy atom. The molecule has 1 heterocycles. The first-order valence-corrected chi connectivity index (χ1v) is 13.0. The van der Waals surface area contributed by atoms with E-state index in [1.807, 2.05) is 72.8 Å². The number of allylic oxidation sites excluding steroid dienone is 1. The van der Waals surface area contributed by atoms with Crippen molar-refractivity contribution in [3.8, 4) is 11.5 Å². The maximum absolute atomic E-state index is 13.4. The van der Waals surface area contributed by atoms with Crippen molar-refractivity contribution in [2.45, 2.75) is 38.6 Å². The van der Waals surface area contributed by atoms with Crippen LogP contribution in [0.4, 0.5) is 0 Å². The lowest BCUT2D eigenvalue weighted by molar-refractivity contribution is -0.129. The molecule has 0 saturated heterocycles. The number of rotatable bonds is 9. The van der Waals surface area contributed by atoms with Gasteiger partial charge in [0.2, 0.25) is 0 Å². The number of aliphatic hydroxyl groups is 1. The van der Waals surface area contributed by atoms with Gasteiger partial charge >= 0.3 is 0 Å². The van der Waals surface area contributed by atoms with Gasteiger partial charge in [-0.3, -0.25) is 9.59 Å². The van der Waals surface area contributed by atoms with Gasteiger partial charge in [0.05, 0.1) is 25.8 Å². The van der Waals surface area contributed by atoms with Crippen LogP contribution in [0.25, 0.3) is 6.08 Å². The van der Waals surface area contributed by atoms with Gasteiger partial charge < -0.3 is 19.5 Å².